The second-order valence-corrected chi connectivity index (χ2v) is 1.77. The summed E-state index contributed by atoms with van der Waals surface area (Å²) in [6.45, 7) is 4.03. The number of hydrogen-bond acceptors (Lipinski definition) is 2. The Balaban J connectivity index is 3.17. The van der Waals surface area contributed by atoms with E-state index in [1.807, 2.05) is 6.92 Å². The average Bonchev–Trinajstić information content (AvgIpc) is 1.68. The molecule has 1 unspecified atom stereocenters. The molecule has 0 aliphatic rings. The molecule has 0 saturated heterocycles. The third-order valence-electron chi connectivity index (χ3n) is 0.909. The fourth-order valence-corrected chi connectivity index (χ4v) is 0.538. The number of rotatable bonds is 3. The van der Waals surface area contributed by atoms with Crippen molar-refractivity contribution in [1.82, 2.24) is 0 Å². The second-order valence-electron chi connectivity index (χ2n) is 1.77. The minimum atomic E-state index is 0.296. The van der Waals surface area contributed by atoms with Gasteiger partial charge in [0.2, 0.25) is 0 Å². The van der Waals surface area contributed by atoms with E-state index in [-0.39, 0.29) is 0 Å². The molecule has 1 radical (unpaired) electrons. The maximum atomic E-state index is 8.01. The van der Waals surface area contributed by atoms with Crippen molar-refractivity contribution in [2.24, 2.45) is 11.1 Å². The van der Waals surface area contributed by atoms with Gasteiger partial charge in [-0.15, -0.1) is 5.16 Å². The molecular weight excluding hydrogens is 102 g/mol. The van der Waals surface area contributed by atoms with E-state index in [9.17, 15) is 0 Å². The van der Waals surface area contributed by atoms with Gasteiger partial charge < -0.3 is 5.21 Å². The maximum absolute atomic E-state index is 8.01. The highest BCUT2D eigenvalue weighted by Crippen LogP contribution is 1.98. The molecule has 2 heteroatoms. The van der Waals surface area contributed by atoms with Crippen LogP contribution in [0.5, 0.6) is 0 Å². The highest BCUT2D eigenvalue weighted by Gasteiger charge is 1.93. The molecule has 0 bridgehead atoms. The predicted molar refractivity (Wildman–Crippen MR) is 34.0 cm³/mol. The largest absolute Gasteiger partial charge is 0.411 e. The lowest BCUT2D eigenvalue weighted by molar-refractivity contribution is 0.319. The van der Waals surface area contributed by atoms with Crippen molar-refractivity contribution in [2.45, 2.75) is 20.3 Å². The summed E-state index contributed by atoms with van der Waals surface area (Å²) in [4.78, 5) is 0. The standard InChI is InChI=1S/C6H12NO/c1-3-4-6(2)5-7-8/h4-6,8H,3H2,1-2H3/b7-5-. The maximum Gasteiger partial charge on any atom is 0.0466 e. The first-order chi connectivity index (χ1) is 3.81. The van der Waals surface area contributed by atoms with Gasteiger partial charge in [-0.25, -0.2) is 0 Å². The molecule has 0 fully saturated rings. The van der Waals surface area contributed by atoms with E-state index in [0.29, 0.717) is 5.92 Å². The zero-order valence-electron chi connectivity index (χ0n) is 5.33. The van der Waals surface area contributed by atoms with Crippen LogP contribution >= 0.6 is 0 Å². The molecule has 0 heterocycles. The van der Waals surface area contributed by atoms with Gasteiger partial charge >= 0.3 is 0 Å². The van der Waals surface area contributed by atoms with Crippen molar-refractivity contribution in [1.29, 1.82) is 0 Å². The molecule has 0 amide bonds. The number of hydrogen-bond donors (Lipinski definition) is 1. The summed E-state index contributed by atoms with van der Waals surface area (Å²) in [7, 11) is 0. The summed E-state index contributed by atoms with van der Waals surface area (Å²) in [5, 5.41) is 10.9. The zero-order valence-corrected chi connectivity index (χ0v) is 5.33. The van der Waals surface area contributed by atoms with Gasteiger partial charge in [0.25, 0.3) is 0 Å². The van der Waals surface area contributed by atoms with Crippen molar-refractivity contribution in [2.75, 3.05) is 0 Å². The SMILES string of the molecule is CC[CH]C(C)/C=N\O. The lowest BCUT2D eigenvalue weighted by Crippen LogP contribution is -1.94. The van der Waals surface area contributed by atoms with Crippen molar-refractivity contribution in [3.8, 4) is 0 Å². The van der Waals surface area contributed by atoms with E-state index < -0.39 is 0 Å². The van der Waals surface area contributed by atoms with Crippen molar-refractivity contribution in [3.05, 3.63) is 6.42 Å². The quantitative estimate of drug-likeness (QED) is 0.338. The molecule has 0 aliphatic carbocycles. The Morgan fingerprint density at radius 2 is 2.38 bits per heavy atom. The summed E-state index contributed by atoms with van der Waals surface area (Å²) in [6.07, 6.45) is 4.59. The van der Waals surface area contributed by atoms with Crippen LogP contribution in [0.4, 0.5) is 0 Å². The van der Waals surface area contributed by atoms with Crippen molar-refractivity contribution < 1.29 is 5.21 Å². The van der Waals surface area contributed by atoms with E-state index in [1.165, 1.54) is 6.21 Å². The summed E-state index contributed by atoms with van der Waals surface area (Å²) >= 11 is 0. The van der Waals surface area contributed by atoms with Crippen LogP contribution in [0.15, 0.2) is 5.16 Å². The Kier molecular flexibility index (Phi) is 4.32. The summed E-state index contributed by atoms with van der Waals surface area (Å²) in [5.74, 6) is 0.296. The third-order valence-corrected chi connectivity index (χ3v) is 0.909. The minimum absolute atomic E-state index is 0.296. The van der Waals surface area contributed by atoms with Gasteiger partial charge in [-0.3, -0.25) is 0 Å². The first kappa shape index (κ1) is 7.47. The first-order valence-electron chi connectivity index (χ1n) is 2.82. The summed E-state index contributed by atoms with van der Waals surface area (Å²) < 4.78 is 0. The molecule has 2 nitrogen and oxygen atoms in total. The van der Waals surface area contributed by atoms with Gasteiger partial charge in [-0.05, 0) is 12.3 Å². The second kappa shape index (κ2) is 4.62. The van der Waals surface area contributed by atoms with Crippen molar-refractivity contribution >= 4 is 6.21 Å². The molecular formula is C6H12NO. The fraction of sp³-hybridized carbons (Fsp3) is 0.667. The van der Waals surface area contributed by atoms with Crippen LogP contribution < -0.4 is 0 Å². The van der Waals surface area contributed by atoms with Gasteiger partial charge in [-0.1, -0.05) is 20.3 Å². The number of nitrogens with zero attached hydrogens (tertiary/aromatic N) is 1. The smallest absolute Gasteiger partial charge is 0.0466 e. The molecule has 8 heavy (non-hydrogen) atoms. The molecule has 0 aliphatic heterocycles. The Bertz CT molecular complexity index is 70.9. The van der Waals surface area contributed by atoms with Crippen LogP contribution in [0.25, 0.3) is 0 Å². The first-order valence-corrected chi connectivity index (χ1v) is 2.82. The Labute approximate surface area is 50.2 Å². The molecule has 0 rings (SSSR count). The van der Waals surface area contributed by atoms with Crippen LogP contribution in [-0.4, -0.2) is 11.4 Å². The molecule has 0 aromatic heterocycles. The highest BCUT2D eigenvalue weighted by molar-refractivity contribution is 5.60. The van der Waals surface area contributed by atoms with Gasteiger partial charge in [0.1, 0.15) is 0 Å². The lowest BCUT2D eigenvalue weighted by atomic mass is 10.1. The lowest BCUT2D eigenvalue weighted by Gasteiger charge is -1.97. The van der Waals surface area contributed by atoms with Crippen LogP contribution in [0.1, 0.15) is 20.3 Å². The Morgan fingerprint density at radius 1 is 1.75 bits per heavy atom. The molecule has 0 aromatic rings. The molecule has 1 atom stereocenters. The molecule has 0 saturated carbocycles. The topological polar surface area (TPSA) is 32.6 Å². The van der Waals surface area contributed by atoms with E-state index in [1.54, 1.807) is 0 Å². The van der Waals surface area contributed by atoms with Crippen LogP contribution in [0, 0.1) is 12.3 Å². The summed E-state index contributed by atoms with van der Waals surface area (Å²) in [5.41, 5.74) is 0. The normalized spacial score (nSPS) is 14.8. The fourth-order valence-electron chi connectivity index (χ4n) is 0.538. The van der Waals surface area contributed by atoms with Crippen molar-refractivity contribution in [3.63, 3.8) is 0 Å². The predicted octanol–water partition coefficient (Wildman–Crippen LogP) is 1.70. The Hall–Kier alpha value is -0.530. The molecule has 0 spiro atoms. The van der Waals surface area contributed by atoms with Gasteiger partial charge in [0.15, 0.2) is 0 Å². The van der Waals surface area contributed by atoms with Gasteiger partial charge in [-0.2, -0.15) is 0 Å². The zero-order chi connectivity index (χ0) is 6.41. The summed E-state index contributed by atoms with van der Waals surface area (Å²) in [6, 6.07) is 0. The van der Waals surface area contributed by atoms with Crippen LogP contribution in [0.2, 0.25) is 0 Å². The van der Waals surface area contributed by atoms with Gasteiger partial charge in [0, 0.05) is 6.21 Å². The van der Waals surface area contributed by atoms with E-state index >= 15 is 0 Å². The molecule has 47 valence electrons. The van der Waals surface area contributed by atoms with Gasteiger partial charge in [0.05, 0.1) is 0 Å². The van der Waals surface area contributed by atoms with E-state index in [2.05, 4.69) is 18.5 Å². The van der Waals surface area contributed by atoms with Crippen LogP contribution in [-0.2, 0) is 0 Å². The molecule has 1 N–H and O–H groups in total. The van der Waals surface area contributed by atoms with Crippen LogP contribution in [0.3, 0.4) is 0 Å². The highest BCUT2D eigenvalue weighted by atomic mass is 16.4. The monoisotopic (exact) mass is 114 g/mol. The van der Waals surface area contributed by atoms with E-state index in [0.717, 1.165) is 6.42 Å². The third kappa shape index (κ3) is 3.65. The molecule has 0 aromatic carbocycles. The number of oxime groups is 1. The minimum Gasteiger partial charge on any atom is -0.411 e. The average molecular weight is 114 g/mol. The van der Waals surface area contributed by atoms with E-state index in [4.69, 9.17) is 5.21 Å². The Morgan fingerprint density at radius 3 is 2.75 bits per heavy atom.